The van der Waals surface area contributed by atoms with E-state index < -0.39 is 72.0 Å². The van der Waals surface area contributed by atoms with Gasteiger partial charge >= 0.3 is 17.0 Å². The first kappa shape index (κ1) is 30.5. The summed E-state index contributed by atoms with van der Waals surface area (Å²) in [6.45, 7) is -5.07. The van der Waals surface area contributed by atoms with Gasteiger partial charge < -0.3 is 34.9 Å². The molecule has 3 aliphatic heterocycles. The summed E-state index contributed by atoms with van der Waals surface area (Å²) in [5.74, 6) is -0.0378. The number of H-pyrrole nitrogens is 1. The quantitative estimate of drug-likeness (QED) is 0.161. The molecule has 2 bridgehead atoms. The lowest BCUT2D eigenvalue weighted by Gasteiger charge is -2.26. The zero-order valence-electron chi connectivity index (χ0n) is 23.1. The number of halogens is 1. The molecule has 7 rings (SSSR count). The first-order valence-corrected chi connectivity index (χ1v) is 17.4. The lowest BCUT2D eigenvalue weighted by atomic mass is 10.0. The van der Waals surface area contributed by atoms with Gasteiger partial charge in [0.05, 0.1) is 24.6 Å². The van der Waals surface area contributed by atoms with Crippen molar-refractivity contribution in [2.24, 2.45) is 7.05 Å². The number of anilines is 2. The fourth-order valence-electron chi connectivity index (χ4n) is 5.77. The first-order valence-electron chi connectivity index (χ1n) is 13.4. The van der Waals surface area contributed by atoms with E-state index in [-0.39, 0.29) is 36.0 Å². The summed E-state index contributed by atoms with van der Waals surface area (Å²) in [4.78, 5) is 41.9. The van der Waals surface area contributed by atoms with Crippen LogP contribution in [0, 0.1) is 0 Å². The van der Waals surface area contributed by atoms with Crippen LogP contribution in [0.2, 0.25) is 0 Å². The Morgan fingerprint density at radius 1 is 1.20 bits per heavy atom. The molecule has 0 spiro atoms. The molecule has 4 aromatic heterocycles. The van der Waals surface area contributed by atoms with Crippen molar-refractivity contribution in [3.8, 4) is 0 Å². The molecule has 242 valence electrons. The molecular formula is C22H26FN10O9PS2. The van der Waals surface area contributed by atoms with E-state index in [4.69, 9.17) is 46.0 Å². The lowest BCUT2D eigenvalue weighted by molar-refractivity contribution is -0.0448. The molecule has 23 heteroatoms. The molecule has 3 saturated heterocycles. The zero-order chi connectivity index (χ0) is 31.8. The average Bonchev–Trinajstić information content (AvgIpc) is 3.71. The molecule has 3 fully saturated rings. The standard InChI is InChI=1S/C22H26FN10O9PS2/c1-32-4-9(13-15(32)18(24)27-6-26-13)16-12(23)17-11(40-16)3-29-45(36,37)42-10-2-8(5-38-43(35,44)41-17)39-21(10)33-7-28-14-19(33)30-22(25)31-20(14)34/h4,6-8,10-12,16-17,21,29H,2-3,5H2,1H3,(H,35,44)(H2,24,26,27)(H3,25,30,31,34)/t8-,10+,11+,12-,16-,17+,21-,43?/m0/s1. The van der Waals surface area contributed by atoms with Gasteiger partial charge in [-0.05, 0) is 11.8 Å². The van der Waals surface area contributed by atoms with E-state index in [2.05, 4.69) is 29.6 Å². The van der Waals surface area contributed by atoms with Crippen molar-refractivity contribution >= 4 is 62.8 Å². The molecule has 0 amide bonds. The number of hydrogen-bond donors (Lipinski definition) is 5. The molecule has 0 saturated carbocycles. The molecule has 0 aromatic carbocycles. The number of imidazole rings is 1. The van der Waals surface area contributed by atoms with E-state index in [0.29, 0.717) is 16.6 Å². The predicted molar refractivity (Wildman–Crippen MR) is 156 cm³/mol. The van der Waals surface area contributed by atoms with Gasteiger partial charge in [-0.25, -0.2) is 23.5 Å². The Kier molecular flexibility index (Phi) is 7.43. The fraction of sp³-hybridized carbons (Fsp3) is 0.500. The summed E-state index contributed by atoms with van der Waals surface area (Å²) in [5.41, 5.74) is 12.1. The molecule has 3 aliphatic rings. The van der Waals surface area contributed by atoms with Crippen LogP contribution in [-0.2, 0) is 51.9 Å². The highest BCUT2D eigenvalue weighted by Crippen LogP contribution is 2.51. The molecule has 8 atom stereocenters. The van der Waals surface area contributed by atoms with Crippen LogP contribution in [0.25, 0.3) is 22.2 Å². The summed E-state index contributed by atoms with van der Waals surface area (Å²) in [6.07, 6.45) is -5.43. The average molecular weight is 689 g/mol. The Morgan fingerprint density at radius 3 is 2.80 bits per heavy atom. The van der Waals surface area contributed by atoms with Gasteiger partial charge in [0.15, 0.2) is 29.4 Å². The highest BCUT2D eigenvalue weighted by Gasteiger charge is 2.51. The Labute approximate surface area is 257 Å². The van der Waals surface area contributed by atoms with E-state index in [1.54, 1.807) is 17.8 Å². The molecular weight excluding hydrogens is 662 g/mol. The van der Waals surface area contributed by atoms with Crippen molar-refractivity contribution in [3.63, 3.8) is 0 Å². The molecule has 0 radical (unpaired) electrons. The molecule has 1 unspecified atom stereocenters. The Morgan fingerprint density at radius 2 is 2.00 bits per heavy atom. The number of aromatic amines is 1. The Hall–Kier alpha value is -3.18. The van der Waals surface area contributed by atoms with Crippen LogP contribution >= 0.6 is 6.72 Å². The molecule has 45 heavy (non-hydrogen) atoms. The number of hydrogen-bond acceptors (Lipinski definition) is 15. The van der Waals surface area contributed by atoms with E-state index >= 15 is 4.39 Å². The zero-order valence-corrected chi connectivity index (χ0v) is 25.6. The number of nitrogens with zero attached hydrogens (tertiary/aromatic N) is 6. The predicted octanol–water partition coefficient (Wildman–Crippen LogP) is -0.817. The first-order chi connectivity index (χ1) is 21.3. The molecule has 0 aliphatic carbocycles. The van der Waals surface area contributed by atoms with Crippen molar-refractivity contribution in [1.29, 1.82) is 0 Å². The van der Waals surface area contributed by atoms with Crippen LogP contribution in [-0.4, -0.2) is 91.1 Å². The van der Waals surface area contributed by atoms with Gasteiger partial charge in [0, 0.05) is 31.8 Å². The van der Waals surface area contributed by atoms with Crippen molar-refractivity contribution in [2.45, 2.75) is 49.3 Å². The van der Waals surface area contributed by atoms with E-state index in [0.717, 1.165) is 0 Å². The van der Waals surface area contributed by atoms with Crippen LogP contribution in [0.1, 0.15) is 24.3 Å². The van der Waals surface area contributed by atoms with Gasteiger partial charge in [0.25, 0.3) is 5.56 Å². The van der Waals surface area contributed by atoms with Gasteiger partial charge in [-0.1, -0.05) is 0 Å². The summed E-state index contributed by atoms with van der Waals surface area (Å²) >= 11 is 5.21. The van der Waals surface area contributed by atoms with Crippen molar-refractivity contribution < 1.29 is 40.4 Å². The number of nitrogens with one attached hydrogen (secondary N) is 2. The molecule has 7 heterocycles. The SMILES string of the molecule is Cn1cc([C@@H]2O[C@@H]3CNS(=O)(=O)O[C@@H]4C[C@@H](COP(O)(=S)O[C@H]3[C@H]2F)O[C@@H]4n2cnc3c(=O)[nH]c(N)nc32)c2ncnc(N)c21. The van der Waals surface area contributed by atoms with Gasteiger partial charge in [0.2, 0.25) is 5.95 Å². The largest absolute Gasteiger partial charge is 0.382 e. The third kappa shape index (κ3) is 5.49. The third-order valence-corrected chi connectivity index (χ3v) is 10.2. The maximum Gasteiger partial charge on any atom is 0.336 e. The number of ether oxygens (including phenoxy) is 2. The van der Waals surface area contributed by atoms with Crippen LogP contribution in [0.15, 0.2) is 23.6 Å². The smallest absolute Gasteiger partial charge is 0.336 e. The lowest BCUT2D eigenvalue weighted by Crippen LogP contribution is -2.41. The van der Waals surface area contributed by atoms with Crippen LogP contribution in [0.5, 0.6) is 0 Å². The normalized spacial score (nSPS) is 33.9. The van der Waals surface area contributed by atoms with Crippen LogP contribution < -0.4 is 21.7 Å². The topological polar surface area (TPSA) is 259 Å². The van der Waals surface area contributed by atoms with Gasteiger partial charge in [0.1, 0.15) is 36.3 Å². The van der Waals surface area contributed by atoms with E-state index in [1.165, 1.54) is 17.2 Å². The number of fused-ring (bicyclic) bond motifs is 5. The van der Waals surface area contributed by atoms with Gasteiger partial charge in [-0.2, -0.15) is 18.1 Å². The maximum absolute atomic E-state index is 16.1. The van der Waals surface area contributed by atoms with Crippen LogP contribution in [0.4, 0.5) is 16.2 Å². The summed E-state index contributed by atoms with van der Waals surface area (Å²) in [7, 11) is -2.88. The number of alkyl halides is 1. The second-order valence-corrected chi connectivity index (χ2v) is 14.8. The minimum Gasteiger partial charge on any atom is -0.382 e. The molecule has 4 aromatic rings. The monoisotopic (exact) mass is 688 g/mol. The number of nitrogen functional groups attached to an aromatic ring is 2. The molecule has 7 N–H and O–H groups in total. The fourth-order valence-corrected chi connectivity index (χ4v) is 8.17. The second kappa shape index (κ2) is 11.0. The number of nitrogens with two attached hydrogens (primary N) is 2. The minimum atomic E-state index is -4.55. The third-order valence-electron chi connectivity index (χ3n) is 7.67. The highest BCUT2D eigenvalue weighted by molar-refractivity contribution is 8.07. The number of aryl methyl sites for hydroxylation is 1. The second-order valence-electron chi connectivity index (χ2n) is 10.6. The summed E-state index contributed by atoms with van der Waals surface area (Å²) in [5, 5.41) is 0. The minimum absolute atomic E-state index is 0.0150. The van der Waals surface area contributed by atoms with Crippen molar-refractivity contribution in [1.82, 2.24) is 38.8 Å². The van der Waals surface area contributed by atoms with Crippen molar-refractivity contribution in [2.75, 3.05) is 24.6 Å². The Bertz CT molecular complexity index is 2020. The molecule has 19 nitrogen and oxygen atoms in total. The maximum atomic E-state index is 16.1. The van der Waals surface area contributed by atoms with Crippen LogP contribution in [0.3, 0.4) is 0 Å². The van der Waals surface area contributed by atoms with Crippen molar-refractivity contribution in [3.05, 3.63) is 34.8 Å². The van der Waals surface area contributed by atoms with Gasteiger partial charge in [-0.15, -0.1) is 0 Å². The summed E-state index contributed by atoms with van der Waals surface area (Å²) < 4.78 is 76.3. The Balaban J connectivity index is 1.20. The number of aromatic nitrogens is 7. The van der Waals surface area contributed by atoms with Gasteiger partial charge in [-0.3, -0.25) is 18.9 Å². The highest BCUT2D eigenvalue weighted by atomic mass is 32.5. The number of rotatable bonds is 2. The summed E-state index contributed by atoms with van der Waals surface area (Å²) in [6, 6.07) is 0. The van der Waals surface area contributed by atoms with E-state index in [1.807, 2.05) is 0 Å². The van der Waals surface area contributed by atoms with E-state index in [9.17, 15) is 18.1 Å².